The van der Waals surface area contributed by atoms with Crippen LogP contribution in [0.1, 0.15) is 31.4 Å². The summed E-state index contributed by atoms with van der Waals surface area (Å²) < 4.78 is 6.62. The third kappa shape index (κ3) is 5.08. The average molecular weight is 555 g/mol. The van der Waals surface area contributed by atoms with E-state index in [0.717, 1.165) is 15.9 Å². The van der Waals surface area contributed by atoms with Crippen molar-refractivity contribution in [3.63, 3.8) is 0 Å². The predicted octanol–water partition coefficient (Wildman–Crippen LogP) is 5.66. The summed E-state index contributed by atoms with van der Waals surface area (Å²) in [7, 11) is 0. The molecular weight excluding hydrogens is 531 g/mol. The Balaban J connectivity index is 1.41. The van der Waals surface area contributed by atoms with Crippen molar-refractivity contribution in [2.24, 2.45) is 0 Å². The van der Waals surface area contributed by atoms with E-state index in [1.165, 1.54) is 17.3 Å². The van der Waals surface area contributed by atoms with Gasteiger partial charge in [-0.3, -0.25) is 9.69 Å². The van der Waals surface area contributed by atoms with Crippen LogP contribution in [0.2, 0.25) is 10.0 Å². The Hall–Kier alpha value is -3.38. The number of hydrogen-bond donors (Lipinski definition) is 0. The lowest BCUT2D eigenvalue weighted by Crippen LogP contribution is -2.44. The molecule has 4 rings (SSSR count). The van der Waals surface area contributed by atoms with Crippen molar-refractivity contribution in [1.29, 1.82) is 5.26 Å². The number of halogens is 2. The molecule has 0 unspecified atom stereocenters. The van der Waals surface area contributed by atoms with Crippen LogP contribution in [-0.4, -0.2) is 34.6 Å². The molecule has 0 aliphatic carbocycles. The molecule has 3 aromatic rings. The first kappa shape index (κ1) is 26.7. The monoisotopic (exact) mass is 554 g/mol. The number of ether oxygens (including phenoxy) is 1. The van der Waals surface area contributed by atoms with E-state index < -0.39 is 5.54 Å². The van der Waals surface area contributed by atoms with Gasteiger partial charge in [-0.2, -0.15) is 9.99 Å². The molecule has 0 atom stereocenters. The highest BCUT2D eigenvalue weighted by Crippen LogP contribution is 2.37. The fourth-order valence-corrected chi connectivity index (χ4v) is 5.23. The third-order valence-corrected chi connectivity index (χ3v) is 7.59. The van der Waals surface area contributed by atoms with Gasteiger partial charge in [-0.25, -0.2) is 0 Å². The first-order valence-electron chi connectivity index (χ1n) is 11.5. The Bertz CT molecular complexity index is 1420. The molecule has 10 heteroatoms. The fraction of sp³-hybridized carbons (Fsp3) is 0.259. The van der Waals surface area contributed by atoms with E-state index in [2.05, 4.69) is 6.07 Å². The van der Waals surface area contributed by atoms with Crippen LogP contribution in [0, 0.1) is 23.5 Å². The second-order valence-corrected chi connectivity index (χ2v) is 10.3. The van der Waals surface area contributed by atoms with Gasteiger partial charge in [0.1, 0.15) is 17.4 Å². The maximum absolute atomic E-state index is 13.3. The summed E-state index contributed by atoms with van der Waals surface area (Å²) in [5.41, 5.74) is 2.33. The molecule has 1 aliphatic heterocycles. The smallest absolute Gasteiger partial charge is 0.258 e. The molecule has 1 aromatic heterocycles. The standard InChI is InChI=1S/C27H24Cl2N4O3S/c1-17-23(8-5-19(16-30)24(17)29)33-25(34)27(2,3)32(26(33)37)11-4-14-36-20-6-7-21(22(28)15-20)18-9-12-31(35)13-10-18/h5-10,12-13,15H,4,11,14H2,1-3H3. The number of hydrogen-bond acceptors (Lipinski definition) is 5. The summed E-state index contributed by atoms with van der Waals surface area (Å²) in [6.45, 7) is 6.33. The summed E-state index contributed by atoms with van der Waals surface area (Å²) in [6, 6.07) is 14.2. The van der Waals surface area contributed by atoms with Crippen molar-refractivity contribution in [2.45, 2.75) is 32.7 Å². The molecule has 7 nitrogen and oxygen atoms in total. The molecule has 0 radical (unpaired) electrons. The molecule has 1 amide bonds. The van der Waals surface area contributed by atoms with Crippen LogP contribution < -0.4 is 14.4 Å². The Morgan fingerprint density at radius 1 is 1.16 bits per heavy atom. The number of pyridine rings is 1. The predicted molar refractivity (Wildman–Crippen MR) is 148 cm³/mol. The van der Waals surface area contributed by atoms with Gasteiger partial charge in [0.2, 0.25) is 0 Å². The van der Waals surface area contributed by atoms with Crippen LogP contribution in [0.5, 0.6) is 5.75 Å². The molecule has 2 heterocycles. The number of anilines is 1. The number of carbonyl (C=O) groups excluding carboxylic acids is 1. The maximum atomic E-state index is 13.3. The molecule has 0 bridgehead atoms. The number of aromatic nitrogens is 1. The number of nitrogens with zero attached hydrogens (tertiary/aromatic N) is 4. The van der Waals surface area contributed by atoms with Gasteiger partial charge in [-0.1, -0.05) is 23.2 Å². The van der Waals surface area contributed by atoms with E-state index >= 15 is 0 Å². The minimum Gasteiger partial charge on any atom is -0.619 e. The van der Waals surface area contributed by atoms with E-state index in [1.807, 2.05) is 30.9 Å². The minimum atomic E-state index is -0.854. The minimum absolute atomic E-state index is 0.159. The SMILES string of the molecule is Cc1c(N2C(=O)C(C)(C)N(CCCOc3ccc(-c4cc[n+]([O-])cc4)c(Cl)c3)C2=S)ccc(C#N)c1Cl. The van der Waals surface area contributed by atoms with Gasteiger partial charge < -0.3 is 14.8 Å². The number of nitriles is 1. The van der Waals surface area contributed by atoms with Gasteiger partial charge in [0.25, 0.3) is 5.91 Å². The van der Waals surface area contributed by atoms with Gasteiger partial charge in [-0.05, 0) is 80.9 Å². The molecular formula is C27H24Cl2N4O3S. The van der Waals surface area contributed by atoms with Crippen molar-refractivity contribution >= 4 is 52.1 Å². The Kier molecular flexibility index (Phi) is 7.60. The first-order valence-corrected chi connectivity index (χ1v) is 12.7. The highest BCUT2D eigenvalue weighted by molar-refractivity contribution is 7.80. The summed E-state index contributed by atoms with van der Waals surface area (Å²) in [5.74, 6) is 0.459. The van der Waals surface area contributed by atoms with Crippen LogP contribution in [-0.2, 0) is 4.79 Å². The van der Waals surface area contributed by atoms with Gasteiger partial charge in [0.15, 0.2) is 17.5 Å². The molecule has 1 aliphatic rings. The summed E-state index contributed by atoms with van der Waals surface area (Å²) in [4.78, 5) is 16.7. The molecule has 0 spiro atoms. The summed E-state index contributed by atoms with van der Waals surface area (Å²) in [6.07, 6.45) is 3.45. The lowest BCUT2D eigenvalue weighted by Gasteiger charge is -2.29. The summed E-state index contributed by atoms with van der Waals surface area (Å²) >= 11 is 18.5. The molecule has 190 valence electrons. The largest absolute Gasteiger partial charge is 0.619 e. The van der Waals surface area contributed by atoms with Crippen LogP contribution in [0.25, 0.3) is 11.1 Å². The Morgan fingerprint density at radius 2 is 1.86 bits per heavy atom. The van der Waals surface area contributed by atoms with Crippen LogP contribution in [0.4, 0.5) is 5.69 Å². The highest BCUT2D eigenvalue weighted by Gasteiger charge is 2.49. The quantitative estimate of drug-likeness (QED) is 0.162. The molecule has 1 fully saturated rings. The first-order chi connectivity index (χ1) is 17.6. The van der Waals surface area contributed by atoms with E-state index in [-0.39, 0.29) is 5.91 Å². The van der Waals surface area contributed by atoms with E-state index in [9.17, 15) is 15.3 Å². The van der Waals surface area contributed by atoms with Gasteiger partial charge >= 0.3 is 0 Å². The zero-order chi connectivity index (χ0) is 26.9. The average Bonchev–Trinajstić information content (AvgIpc) is 3.03. The second kappa shape index (κ2) is 10.5. The van der Waals surface area contributed by atoms with Gasteiger partial charge in [0.05, 0.1) is 27.9 Å². The van der Waals surface area contributed by atoms with E-state index in [1.54, 1.807) is 37.3 Å². The zero-order valence-electron chi connectivity index (χ0n) is 20.5. The topological polar surface area (TPSA) is 83.5 Å². The molecule has 2 aromatic carbocycles. The second-order valence-electron chi connectivity index (χ2n) is 9.11. The van der Waals surface area contributed by atoms with E-state index in [4.69, 9.17) is 40.2 Å². The van der Waals surface area contributed by atoms with Crippen LogP contribution >= 0.6 is 35.4 Å². The van der Waals surface area contributed by atoms with Crippen molar-refractivity contribution in [1.82, 2.24) is 4.90 Å². The van der Waals surface area contributed by atoms with Gasteiger partial charge in [-0.15, -0.1) is 0 Å². The molecule has 1 saturated heterocycles. The van der Waals surface area contributed by atoms with Crippen molar-refractivity contribution < 1.29 is 14.3 Å². The van der Waals surface area contributed by atoms with Crippen molar-refractivity contribution in [3.8, 4) is 22.9 Å². The number of rotatable bonds is 7. The fourth-order valence-electron chi connectivity index (χ4n) is 4.25. The summed E-state index contributed by atoms with van der Waals surface area (Å²) in [5, 5.41) is 21.7. The number of amides is 1. The van der Waals surface area contributed by atoms with Gasteiger partial charge in [0, 0.05) is 24.2 Å². The molecule has 0 saturated carbocycles. The van der Waals surface area contributed by atoms with Crippen molar-refractivity contribution in [3.05, 3.63) is 81.2 Å². The Labute approximate surface area is 231 Å². The van der Waals surface area contributed by atoms with Crippen LogP contribution in [0.3, 0.4) is 0 Å². The Morgan fingerprint density at radius 3 is 2.51 bits per heavy atom. The number of benzene rings is 2. The molecule has 37 heavy (non-hydrogen) atoms. The number of carbonyl (C=O) groups is 1. The zero-order valence-corrected chi connectivity index (χ0v) is 22.8. The van der Waals surface area contributed by atoms with E-state index in [0.29, 0.717) is 57.3 Å². The normalized spacial score (nSPS) is 14.7. The lowest BCUT2D eigenvalue weighted by molar-refractivity contribution is -0.605. The lowest BCUT2D eigenvalue weighted by atomic mass is 10.0. The molecule has 0 N–H and O–H groups in total. The highest BCUT2D eigenvalue weighted by atomic mass is 35.5. The van der Waals surface area contributed by atoms with Crippen LogP contribution in [0.15, 0.2) is 54.9 Å². The number of thiocarbonyl (C=S) groups is 1. The maximum Gasteiger partial charge on any atom is 0.258 e. The third-order valence-electron chi connectivity index (χ3n) is 6.39. The van der Waals surface area contributed by atoms with Crippen molar-refractivity contribution in [2.75, 3.05) is 18.1 Å².